The van der Waals surface area contributed by atoms with Crippen LogP contribution < -0.4 is 11.2 Å². The van der Waals surface area contributed by atoms with Crippen molar-refractivity contribution in [2.24, 2.45) is 0 Å². The monoisotopic (exact) mass is 337 g/mol. The third-order valence-electron chi connectivity index (χ3n) is 4.49. The first-order valence-electron chi connectivity index (χ1n) is 7.94. The summed E-state index contributed by atoms with van der Waals surface area (Å²) in [5.74, 6) is 0. The number of aromatic nitrogens is 2. The molecule has 120 valence electrons. The maximum atomic E-state index is 12.9. The van der Waals surface area contributed by atoms with Crippen LogP contribution in [-0.2, 0) is 19.4 Å². The Morgan fingerprint density at radius 3 is 2.92 bits per heavy atom. The number of aryl methyl sites for hydroxylation is 2. The van der Waals surface area contributed by atoms with Crippen LogP contribution in [0.3, 0.4) is 0 Å². The van der Waals surface area contributed by atoms with Gasteiger partial charge in [-0.2, -0.15) is 5.26 Å². The van der Waals surface area contributed by atoms with Crippen molar-refractivity contribution in [3.63, 3.8) is 0 Å². The number of hydrogen-bond acceptors (Lipinski definition) is 4. The lowest BCUT2D eigenvalue weighted by molar-refractivity contribution is 0.692. The van der Waals surface area contributed by atoms with Gasteiger partial charge in [0.1, 0.15) is 4.83 Å². The van der Waals surface area contributed by atoms with Crippen LogP contribution in [0, 0.1) is 11.3 Å². The summed E-state index contributed by atoms with van der Waals surface area (Å²) in [7, 11) is 0. The molecule has 0 amide bonds. The van der Waals surface area contributed by atoms with Gasteiger partial charge in [0.25, 0.3) is 5.56 Å². The summed E-state index contributed by atoms with van der Waals surface area (Å²) in [5.41, 5.74) is 1.78. The zero-order valence-electron chi connectivity index (χ0n) is 13.0. The van der Waals surface area contributed by atoms with E-state index in [2.05, 4.69) is 11.1 Å². The van der Waals surface area contributed by atoms with Gasteiger partial charge in [-0.1, -0.05) is 12.1 Å². The highest BCUT2D eigenvalue weighted by molar-refractivity contribution is 7.18. The molecule has 3 aromatic rings. The minimum absolute atomic E-state index is 0.171. The van der Waals surface area contributed by atoms with Crippen molar-refractivity contribution in [1.82, 2.24) is 9.55 Å². The molecule has 1 N–H and O–H groups in total. The Labute approximate surface area is 141 Å². The van der Waals surface area contributed by atoms with Crippen LogP contribution in [-0.4, -0.2) is 9.55 Å². The minimum Gasteiger partial charge on any atom is -0.298 e. The highest BCUT2D eigenvalue weighted by Crippen LogP contribution is 2.33. The van der Waals surface area contributed by atoms with E-state index in [-0.39, 0.29) is 12.1 Å². The summed E-state index contributed by atoms with van der Waals surface area (Å²) in [6.45, 7) is 0.171. The Morgan fingerprint density at radius 1 is 1.25 bits per heavy atom. The highest BCUT2D eigenvalue weighted by atomic mass is 32.1. The molecule has 5 nitrogen and oxygen atoms in total. The van der Waals surface area contributed by atoms with E-state index in [4.69, 9.17) is 5.26 Å². The first-order valence-corrected chi connectivity index (χ1v) is 8.75. The van der Waals surface area contributed by atoms with Crippen LogP contribution in [0.15, 0.2) is 33.9 Å². The topological polar surface area (TPSA) is 78.7 Å². The van der Waals surface area contributed by atoms with Gasteiger partial charge in [0.15, 0.2) is 0 Å². The molecule has 0 atom stereocenters. The van der Waals surface area contributed by atoms with E-state index in [1.165, 1.54) is 20.8 Å². The molecule has 0 bridgehead atoms. The van der Waals surface area contributed by atoms with Gasteiger partial charge in [-0.25, -0.2) is 4.79 Å². The summed E-state index contributed by atoms with van der Waals surface area (Å²) in [6.07, 6.45) is 4.11. The molecule has 1 aromatic carbocycles. The average molecular weight is 337 g/mol. The zero-order valence-corrected chi connectivity index (χ0v) is 13.8. The number of nitriles is 1. The van der Waals surface area contributed by atoms with Crippen LogP contribution in [0.1, 0.15) is 34.4 Å². The summed E-state index contributed by atoms with van der Waals surface area (Å²) in [4.78, 5) is 30.1. The Hall–Kier alpha value is -2.65. The molecule has 0 saturated heterocycles. The highest BCUT2D eigenvalue weighted by Gasteiger charge is 2.20. The lowest BCUT2D eigenvalue weighted by Gasteiger charge is -2.10. The molecule has 2 heterocycles. The number of H-pyrrole nitrogens is 1. The van der Waals surface area contributed by atoms with Gasteiger partial charge in [-0.3, -0.25) is 14.3 Å². The van der Waals surface area contributed by atoms with E-state index >= 15 is 0 Å². The van der Waals surface area contributed by atoms with E-state index in [1.54, 1.807) is 18.2 Å². The summed E-state index contributed by atoms with van der Waals surface area (Å²) < 4.78 is 1.24. The zero-order chi connectivity index (χ0) is 16.7. The number of fused-ring (bicyclic) bond motifs is 3. The van der Waals surface area contributed by atoms with Crippen molar-refractivity contribution in [2.75, 3.05) is 0 Å². The van der Waals surface area contributed by atoms with Crippen molar-refractivity contribution >= 4 is 21.6 Å². The molecule has 0 spiro atoms. The number of nitrogens with one attached hydrogen (secondary N) is 1. The van der Waals surface area contributed by atoms with Crippen LogP contribution in [0.25, 0.3) is 10.2 Å². The van der Waals surface area contributed by atoms with Gasteiger partial charge in [0, 0.05) is 4.88 Å². The predicted molar refractivity (Wildman–Crippen MR) is 93.6 cm³/mol. The fraction of sp³-hybridized carbons (Fsp3) is 0.278. The molecule has 1 aliphatic carbocycles. The number of thiophene rings is 1. The Morgan fingerprint density at radius 2 is 2.08 bits per heavy atom. The molecule has 0 radical (unpaired) electrons. The Balaban J connectivity index is 1.88. The SMILES string of the molecule is N#Cc1cccc(Cn2c(=O)[nH]c3sc4c(c3c2=O)CCCC4)c1. The molecule has 0 fully saturated rings. The smallest absolute Gasteiger partial charge is 0.298 e. The van der Waals surface area contributed by atoms with E-state index in [0.717, 1.165) is 36.8 Å². The number of rotatable bonds is 2. The Bertz CT molecular complexity index is 1100. The molecule has 4 rings (SSSR count). The molecule has 1 aliphatic rings. The normalized spacial score (nSPS) is 13.6. The lowest BCUT2D eigenvalue weighted by atomic mass is 9.97. The van der Waals surface area contributed by atoms with Crippen molar-refractivity contribution < 1.29 is 0 Å². The quantitative estimate of drug-likeness (QED) is 0.780. The third-order valence-corrected chi connectivity index (χ3v) is 5.70. The fourth-order valence-corrected chi connectivity index (χ4v) is 4.61. The summed E-state index contributed by atoms with van der Waals surface area (Å²) >= 11 is 1.54. The van der Waals surface area contributed by atoms with Gasteiger partial charge in [0.05, 0.1) is 23.6 Å². The third kappa shape index (κ3) is 2.38. The maximum absolute atomic E-state index is 12.9. The largest absolute Gasteiger partial charge is 0.329 e. The Kier molecular flexibility index (Phi) is 3.58. The fourth-order valence-electron chi connectivity index (χ4n) is 3.34. The molecule has 2 aromatic heterocycles. The summed E-state index contributed by atoms with van der Waals surface area (Å²) in [6, 6.07) is 9.07. The van der Waals surface area contributed by atoms with Crippen LogP contribution in [0.5, 0.6) is 0 Å². The van der Waals surface area contributed by atoms with E-state index < -0.39 is 5.69 Å². The predicted octanol–water partition coefficient (Wildman–Crippen LogP) is 2.55. The second-order valence-corrected chi connectivity index (χ2v) is 7.15. The first kappa shape index (κ1) is 14.9. The minimum atomic E-state index is -0.395. The van der Waals surface area contributed by atoms with Crippen LogP contribution in [0.2, 0.25) is 0 Å². The van der Waals surface area contributed by atoms with E-state index in [9.17, 15) is 9.59 Å². The number of aromatic amines is 1. The molecule has 24 heavy (non-hydrogen) atoms. The number of nitrogens with zero attached hydrogens (tertiary/aromatic N) is 2. The number of benzene rings is 1. The second-order valence-electron chi connectivity index (χ2n) is 6.05. The molecule has 6 heteroatoms. The van der Waals surface area contributed by atoms with Gasteiger partial charge >= 0.3 is 5.69 Å². The van der Waals surface area contributed by atoms with Gasteiger partial charge in [0.2, 0.25) is 0 Å². The second kappa shape index (κ2) is 5.77. The van der Waals surface area contributed by atoms with Gasteiger partial charge in [-0.05, 0) is 48.9 Å². The molecular weight excluding hydrogens is 322 g/mol. The van der Waals surface area contributed by atoms with Crippen molar-refractivity contribution in [3.8, 4) is 6.07 Å². The number of hydrogen-bond donors (Lipinski definition) is 1. The standard InChI is InChI=1S/C18H15N3O2S/c19-9-11-4-3-5-12(8-11)10-21-17(22)15-13-6-1-2-7-14(13)24-16(15)20-18(21)23/h3-5,8H,1-2,6-7,10H2,(H,20,23). The summed E-state index contributed by atoms with van der Waals surface area (Å²) in [5, 5.41) is 9.67. The van der Waals surface area contributed by atoms with E-state index in [0.29, 0.717) is 15.8 Å². The van der Waals surface area contributed by atoms with Crippen LogP contribution in [0.4, 0.5) is 0 Å². The van der Waals surface area contributed by atoms with E-state index in [1.807, 2.05) is 6.07 Å². The molecular formula is C18H15N3O2S. The van der Waals surface area contributed by atoms with Crippen molar-refractivity contribution in [1.29, 1.82) is 5.26 Å². The van der Waals surface area contributed by atoms with Crippen LogP contribution >= 0.6 is 11.3 Å². The first-order chi connectivity index (χ1) is 11.7. The van der Waals surface area contributed by atoms with Crippen molar-refractivity contribution in [3.05, 3.63) is 66.7 Å². The average Bonchev–Trinajstić information content (AvgIpc) is 2.97. The maximum Gasteiger partial charge on any atom is 0.329 e. The van der Waals surface area contributed by atoms with Crippen molar-refractivity contribution in [2.45, 2.75) is 32.2 Å². The molecule has 0 saturated carbocycles. The van der Waals surface area contributed by atoms with Gasteiger partial charge < -0.3 is 0 Å². The van der Waals surface area contributed by atoms with Gasteiger partial charge in [-0.15, -0.1) is 11.3 Å². The molecule has 0 unspecified atom stereocenters. The lowest BCUT2D eigenvalue weighted by Crippen LogP contribution is -2.35. The molecule has 0 aliphatic heterocycles.